The Hall–Kier alpha value is -3.28. The summed E-state index contributed by atoms with van der Waals surface area (Å²) in [7, 11) is 5.01. The van der Waals surface area contributed by atoms with E-state index in [-0.39, 0.29) is 43.4 Å². The van der Waals surface area contributed by atoms with Crippen molar-refractivity contribution in [1.29, 1.82) is 0 Å². The Kier molecular flexibility index (Phi) is 18.9. The molecular weight excluding hydrogens is 504 g/mol. The van der Waals surface area contributed by atoms with Crippen LogP contribution in [0, 0.1) is 0 Å². The maximum absolute atomic E-state index is 12.7. The quantitative estimate of drug-likeness (QED) is 0.150. The standard InChI is InChI=1S/C28H46N4O7/c1-8-24(33)29-15-12-18-37-21-28(32(7)27(36)11-4,22-38-19-13-16-30(5)25(34)9-2)23-39-20-14-17-31(6)26(35)10-3/h8-11H,1-4,12-23H2,5-7H3,(H,29,33). The predicted molar refractivity (Wildman–Crippen MR) is 151 cm³/mol. The van der Waals surface area contributed by atoms with Crippen molar-refractivity contribution in [2.45, 2.75) is 24.8 Å². The largest absolute Gasteiger partial charge is 0.379 e. The molecule has 0 aromatic carbocycles. The lowest BCUT2D eigenvalue weighted by molar-refractivity contribution is -0.144. The van der Waals surface area contributed by atoms with Crippen LogP contribution in [0.2, 0.25) is 0 Å². The molecule has 0 radical (unpaired) electrons. The van der Waals surface area contributed by atoms with Crippen LogP contribution in [0.5, 0.6) is 0 Å². The van der Waals surface area contributed by atoms with Crippen molar-refractivity contribution < 1.29 is 33.4 Å². The van der Waals surface area contributed by atoms with Crippen LogP contribution in [0.1, 0.15) is 19.3 Å². The van der Waals surface area contributed by atoms with E-state index in [9.17, 15) is 19.2 Å². The first-order chi connectivity index (χ1) is 18.6. The summed E-state index contributed by atoms with van der Waals surface area (Å²) in [5, 5.41) is 2.69. The number of carbonyl (C=O) groups excluding carboxylic acids is 4. The van der Waals surface area contributed by atoms with E-state index in [1.54, 1.807) is 30.9 Å². The van der Waals surface area contributed by atoms with Gasteiger partial charge in [-0.25, -0.2) is 0 Å². The second-order valence-electron chi connectivity index (χ2n) is 8.97. The number of likely N-dealkylation sites (N-methyl/N-ethyl adjacent to an activating group) is 3. The molecule has 0 aliphatic carbocycles. The van der Waals surface area contributed by atoms with Crippen molar-refractivity contribution in [2.75, 3.05) is 80.4 Å². The fourth-order valence-corrected chi connectivity index (χ4v) is 3.37. The van der Waals surface area contributed by atoms with Crippen molar-refractivity contribution >= 4 is 23.6 Å². The SMILES string of the molecule is C=CC(=O)NCCCOCC(COCCCN(C)C(=O)C=C)(COCCCN(C)C(=O)C=C)N(C)C(=O)C=C. The van der Waals surface area contributed by atoms with E-state index in [0.29, 0.717) is 58.7 Å². The first-order valence-corrected chi connectivity index (χ1v) is 12.9. The van der Waals surface area contributed by atoms with Crippen molar-refractivity contribution in [2.24, 2.45) is 0 Å². The molecule has 0 fully saturated rings. The van der Waals surface area contributed by atoms with Gasteiger partial charge >= 0.3 is 0 Å². The van der Waals surface area contributed by atoms with E-state index in [0.717, 1.165) is 0 Å². The number of nitrogens with one attached hydrogen (secondary N) is 1. The van der Waals surface area contributed by atoms with Gasteiger partial charge < -0.3 is 34.2 Å². The molecule has 0 aliphatic heterocycles. The van der Waals surface area contributed by atoms with Crippen LogP contribution in [-0.2, 0) is 33.4 Å². The van der Waals surface area contributed by atoms with Gasteiger partial charge in [-0.2, -0.15) is 0 Å². The first kappa shape index (κ1) is 35.7. The molecule has 0 heterocycles. The maximum Gasteiger partial charge on any atom is 0.246 e. The lowest BCUT2D eigenvalue weighted by Crippen LogP contribution is -2.59. The van der Waals surface area contributed by atoms with Crippen molar-refractivity contribution in [3.05, 3.63) is 50.6 Å². The Morgan fingerprint density at radius 3 is 1.46 bits per heavy atom. The highest BCUT2D eigenvalue weighted by Gasteiger charge is 2.38. The second-order valence-corrected chi connectivity index (χ2v) is 8.97. The number of rotatable bonds is 23. The monoisotopic (exact) mass is 550 g/mol. The topological polar surface area (TPSA) is 118 Å². The molecule has 1 N–H and O–H groups in total. The summed E-state index contributed by atoms with van der Waals surface area (Å²) in [6.45, 7) is 16.7. The molecule has 0 bridgehead atoms. The molecule has 0 atom stereocenters. The Labute approximate surface area is 233 Å². The molecule has 0 spiro atoms. The molecule has 4 amide bonds. The van der Waals surface area contributed by atoms with Gasteiger partial charge in [0.05, 0.1) is 19.8 Å². The van der Waals surface area contributed by atoms with Gasteiger partial charge in [0, 0.05) is 60.6 Å². The number of amides is 4. The number of ether oxygens (including phenoxy) is 3. The number of hydrogen-bond acceptors (Lipinski definition) is 7. The molecule has 0 aliphatic rings. The van der Waals surface area contributed by atoms with Crippen LogP contribution >= 0.6 is 0 Å². The zero-order valence-corrected chi connectivity index (χ0v) is 23.8. The highest BCUT2D eigenvalue weighted by molar-refractivity contribution is 5.88. The van der Waals surface area contributed by atoms with E-state index in [2.05, 4.69) is 31.6 Å². The average Bonchev–Trinajstić information content (AvgIpc) is 2.95. The summed E-state index contributed by atoms with van der Waals surface area (Å²) in [6, 6.07) is 0. The highest BCUT2D eigenvalue weighted by atomic mass is 16.5. The summed E-state index contributed by atoms with van der Waals surface area (Å²) < 4.78 is 17.8. The van der Waals surface area contributed by atoms with Gasteiger partial charge in [0.15, 0.2) is 0 Å². The van der Waals surface area contributed by atoms with Crippen molar-refractivity contribution in [3.8, 4) is 0 Å². The first-order valence-electron chi connectivity index (χ1n) is 12.9. The maximum atomic E-state index is 12.7. The van der Waals surface area contributed by atoms with Crippen LogP contribution in [0.25, 0.3) is 0 Å². The van der Waals surface area contributed by atoms with Gasteiger partial charge in [-0.05, 0) is 43.6 Å². The van der Waals surface area contributed by atoms with Crippen LogP contribution in [0.4, 0.5) is 0 Å². The second kappa shape index (κ2) is 20.7. The molecule has 0 aromatic heterocycles. The van der Waals surface area contributed by atoms with Gasteiger partial charge in [-0.15, -0.1) is 0 Å². The Balaban J connectivity index is 5.29. The molecule has 11 nitrogen and oxygen atoms in total. The smallest absolute Gasteiger partial charge is 0.246 e. The van der Waals surface area contributed by atoms with E-state index in [4.69, 9.17) is 14.2 Å². The van der Waals surface area contributed by atoms with Crippen molar-refractivity contribution in [3.63, 3.8) is 0 Å². The summed E-state index contributed by atoms with van der Waals surface area (Å²) >= 11 is 0. The minimum absolute atomic E-state index is 0.113. The van der Waals surface area contributed by atoms with E-state index >= 15 is 0 Å². The van der Waals surface area contributed by atoms with E-state index < -0.39 is 5.54 Å². The molecule has 0 unspecified atom stereocenters. The molecule has 0 saturated heterocycles. The molecule has 0 rings (SSSR count). The summed E-state index contributed by atoms with van der Waals surface area (Å²) in [6.07, 6.45) is 6.65. The summed E-state index contributed by atoms with van der Waals surface area (Å²) in [5.74, 6) is -0.931. The van der Waals surface area contributed by atoms with Crippen LogP contribution in [-0.4, -0.2) is 124 Å². The third kappa shape index (κ3) is 14.4. The Morgan fingerprint density at radius 2 is 1.08 bits per heavy atom. The lowest BCUT2D eigenvalue weighted by Gasteiger charge is -2.41. The summed E-state index contributed by atoms with van der Waals surface area (Å²) in [5.41, 5.74) is -0.971. The zero-order chi connectivity index (χ0) is 29.7. The lowest BCUT2D eigenvalue weighted by atomic mass is 10.0. The minimum Gasteiger partial charge on any atom is -0.379 e. The number of nitrogens with zero attached hydrogens (tertiary/aromatic N) is 3. The number of carbonyl (C=O) groups is 4. The predicted octanol–water partition coefficient (Wildman–Crippen LogP) is 1.18. The van der Waals surface area contributed by atoms with Crippen LogP contribution in [0.15, 0.2) is 50.6 Å². The highest BCUT2D eigenvalue weighted by Crippen LogP contribution is 2.18. The Bertz CT molecular complexity index is 795. The number of hydrogen-bond donors (Lipinski definition) is 1. The molecule has 11 heteroatoms. The Morgan fingerprint density at radius 1 is 0.667 bits per heavy atom. The van der Waals surface area contributed by atoms with E-state index in [1.807, 2.05) is 0 Å². The van der Waals surface area contributed by atoms with E-state index in [1.165, 1.54) is 29.2 Å². The minimum atomic E-state index is -0.971. The molecule has 0 aromatic rings. The van der Waals surface area contributed by atoms with Gasteiger partial charge in [0.25, 0.3) is 0 Å². The van der Waals surface area contributed by atoms with Crippen LogP contribution < -0.4 is 5.32 Å². The molecule has 220 valence electrons. The average molecular weight is 551 g/mol. The van der Waals surface area contributed by atoms with Gasteiger partial charge in [-0.3, -0.25) is 19.2 Å². The molecule has 39 heavy (non-hydrogen) atoms. The van der Waals surface area contributed by atoms with Gasteiger partial charge in [0.1, 0.15) is 5.54 Å². The molecule has 0 saturated carbocycles. The summed E-state index contributed by atoms with van der Waals surface area (Å²) in [4.78, 5) is 51.9. The fraction of sp³-hybridized carbons (Fsp3) is 0.571. The van der Waals surface area contributed by atoms with Crippen molar-refractivity contribution in [1.82, 2.24) is 20.0 Å². The van der Waals surface area contributed by atoms with Crippen LogP contribution in [0.3, 0.4) is 0 Å². The third-order valence-electron chi connectivity index (χ3n) is 5.95. The van der Waals surface area contributed by atoms with Gasteiger partial charge in [-0.1, -0.05) is 26.3 Å². The normalized spacial score (nSPS) is 10.7. The third-order valence-corrected chi connectivity index (χ3v) is 5.95. The zero-order valence-electron chi connectivity index (χ0n) is 23.8. The fourth-order valence-electron chi connectivity index (χ4n) is 3.37. The van der Waals surface area contributed by atoms with Gasteiger partial charge in [0.2, 0.25) is 23.6 Å². The molecular formula is C28H46N4O7.